The SMILES string of the molecule is c1ccc(-c2nc(-c3ccc(-n4c5ccc6c(c7cccc8c9ccccc9n6c87)c5c5ccc6ccccc6c54)cc3)c3ccccc3n2)cc1. The first-order valence-electron chi connectivity index (χ1n) is 17.8. The first-order chi connectivity index (χ1) is 25.8. The van der Waals surface area contributed by atoms with Gasteiger partial charge in [-0.2, -0.15) is 0 Å². The molecule has 0 radical (unpaired) electrons. The van der Waals surface area contributed by atoms with Gasteiger partial charge >= 0.3 is 0 Å². The molecule has 4 nitrogen and oxygen atoms in total. The molecular weight excluding hydrogens is 633 g/mol. The molecule has 0 aliphatic carbocycles. The zero-order valence-electron chi connectivity index (χ0n) is 28.0. The lowest BCUT2D eigenvalue weighted by atomic mass is 10.0. The highest BCUT2D eigenvalue weighted by atomic mass is 15.0. The van der Waals surface area contributed by atoms with Gasteiger partial charge in [0.05, 0.1) is 38.8 Å². The zero-order valence-corrected chi connectivity index (χ0v) is 28.0. The molecule has 0 aliphatic heterocycles. The van der Waals surface area contributed by atoms with E-state index in [1.54, 1.807) is 0 Å². The van der Waals surface area contributed by atoms with Gasteiger partial charge in [0.2, 0.25) is 0 Å². The van der Waals surface area contributed by atoms with Crippen LogP contribution in [0.3, 0.4) is 0 Å². The lowest BCUT2D eigenvalue weighted by Gasteiger charge is -2.12. The first kappa shape index (κ1) is 27.7. The van der Waals surface area contributed by atoms with E-state index in [1.807, 2.05) is 24.3 Å². The van der Waals surface area contributed by atoms with Crippen molar-refractivity contribution < 1.29 is 0 Å². The van der Waals surface area contributed by atoms with Crippen LogP contribution in [0.2, 0.25) is 0 Å². The van der Waals surface area contributed by atoms with Gasteiger partial charge in [0, 0.05) is 59.9 Å². The predicted octanol–water partition coefficient (Wildman–Crippen LogP) is 12.4. The van der Waals surface area contributed by atoms with Gasteiger partial charge in [0.25, 0.3) is 0 Å². The van der Waals surface area contributed by atoms with Crippen molar-refractivity contribution in [2.24, 2.45) is 0 Å². The fraction of sp³-hybridized carbons (Fsp3) is 0. The molecule has 0 spiro atoms. The van der Waals surface area contributed by atoms with Crippen LogP contribution in [0.4, 0.5) is 0 Å². The van der Waals surface area contributed by atoms with Gasteiger partial charge < -0.3 is 8.97 Å². The summed E-state index contributed by atoms with van der Waals surface area (Å²) in [5.74, 6) is 0.731. The van der Waals surface area contributed by atoms with E-state index in [2.05, 4.69) is 155 Å². The molecule has 0 atom stereocenters. The number of hydrogen-bond acceptors (Lipinski definition) is 2. The number of nitrogens with zero attached hydrogens (tertiary/aromatic N) is 4. The third-order valence-electron chi connectivity index (χ3n) is 11.0. The maximum Gasteiger partial charge on any atom is 0.160 e. The number of para-hydroxylation sites is 3. The fourth-order valence-electron chi connectivity index (χ4n) is 8.84. The topological polar surface area (TPSA) is 35.1 Å². The minimum absolute atomic E-state index is 0.731. The highest BCUT2D eigenvalue weighted by molar-refractivity contribution is 6.34. The molecule has 4 heteroatoms. The number of rotatable bonds is 3. The Hall–Kier alpha value is -7.04. The summed E-state index contributed by atoms with van der Waals surface area (Å²) >= 11 is 0. The maximum atomic E-state index is 5.15. The second-order valence-corrected chi connectivity index (χ2v) is 13.8. The molecule has 0 saturated carbocycles. The highest BCUT2D eigenvalue weighted by Crippen LogP contribution is 2.46. The molecule has 8 aromatic carbocycles. The first-order valence-corrected chi connectivity index (χ1v) is 17.8. The van der Waals surface area contributed by atoms with Crippen LogP contribution in [0.1, 0.15) is 0 Å². The minimum Gasteiger partial charge on any atom is -0.309 e. The lowest BCUT2D eigenvalue weighted by molar-refractivity contribution is 1.18. The van der Waals surface area contributed by atoms with Gasteiger partial charge in [0.1, 0.15) is 0 Å². The van der Waals surface area contributed by atoms with Crippen LogP contribution in [0.5, 0.6) is 0 Å². The van der Waals surface area contributed by atoms with Crippen LogP contribution in [0.25, 0.3) is 110 Å². The smallest absolute Gasteiger partial charge is 0.160 e. The normalized spacial score (nSPS) is 12.2. The Morgan fingerprint density at radius 1 is 0.365 bits per heavy atom. The molecule has 0 N–H and O–H groups in total. The average Bonchev–Trinajstić information content (AvgIpc) is 3.86. The van der Waals surface area contributed by atoms with E-state index in [-0.39, 0.29) is 0 Å². The Kier molecular flexibility index (Phi) is 5.47. The summed E-state index contributed by atoms with van der Waals surface area (Å²) in [7, 11) is 0. The van der Waals surface area contributed by atoms with Gasteiger partial charge in [-0.1, -0.05) is 133 Å². The molecule has 0 amide bonds. The van der Waals surface area contributed by atoms with Crippen molar-refractivity contribution in [3.63, 3.8) is 0 Å². The van der Waals surface area contributed by atoms with E-state index in [9.17, 15) is 0 Å². The van der Waals surface area contributed by atoms with E-state index in [1.165, 1.54) is 70.7 Å². The third kappa shape index (κ3) is 3.65. The number of fused-ring (bicyclic) bond motifs is 13. The van der Waals surface area contributed by atoms with E-state index in [0.29, 0.717) is 0 Å². The molecule has 0 saturated heterocycles. The second kappa shape index (κ2) is 10.3. The van der Waals surface area contributed by atoms with Crippen molar-refractivity contribution in [2.75, 3.05) is 0 Å². The maximum absolute atomic E-state index is 5.15. The van der Waals surface area contributed by atoms with Crippen LogP contribution < -0.4 is 0 Å². The molecule has 52 heavy (non-hydrogen) atoms. The van der Waals surface area contributed by atoms with Gasteiger partial charge in [-0.15, -0.1) is 0 Å². The van der Waals surface area contributed by atoms with Crippen molar-refractivity contribution in [1.82, 2.24) is 18.9 Å². The monoisotopic (exact) mass is 660 g/mol. The number of hydrogen-bond donors (Lipinski definition) is 0. The molecule has 12 rings (SSSR count). The molecule has 0 fully saturated rings. The molecule has 0 aliphatic rings. The zero-order chi connectivity index (χ0) is 33.9. The molecule has 4 heterocycles. The molecule has 12 aromatic rings. The van der Waals surface area contributed by atoms with Crippen molar-refractivity contribution in [3.05, 3.63) is 170 Å². The van der Waals surface area contributed by atoms with Crippen LogP contribution in [-0.2, 0) is 0 Å². The largest absolute Gasteiger partial charge is 0.309 e. The summed E-state index contributed by atoms with van der Waals surface area (Å²) in [6, 6.07) is 61.1. The molecule has 0 unspecified atom stereocenters. The van der Waals surface area contributed by atoms with Crippen LogP contribution >= 0.6 is 0 Å². The average molecular weight is 661 g/mol. The van der Waals surface area contributed by atoms with Crippen molar-refractivity contribution in [1.29, 1.82) is 0 Å². The summed E-state index contributed by atoms with van der Waals surface area (Å²) < 4.78 is 4.94. The quantitative estimate of drug-likeness (QED) is 0.189. The van der Waals surface area contributed by atoms with Crippen LogP contribution in [-0.4, -0.2) is 18.9 Å². The minimum atomic E-state index is 0.731. The van der Waals surface area contributed by atoms with Crippen LogP contribution in [0.15, 0.2) is 170 Å². The Bertz CT molecular complexity index is 3390. The Balaban J connectivity index is 1.15. The molecular formula is C48H28N4. The van der Waals surface area contributed by atoms with E-state index < -0.39 is 0 Å². The number of benzene rings is 8. The highest BCUT2D eigenvalue weighted by Gasteiger charge is 2.23. The molecule has 0 bridgehead atoms. The summed E-state index contributed by atoms with van der Waals surface area (Å²) in [4.78, 5) is 10.1. The van der Waals surface area contributed by atoms with E-state index in [4.69, 9.17) is 9.97 Å². The predicted molar refractivity (Wildman–Crippen MR) is 217 cm³/mol. The summed E-state index contributed by atoms with van der Waals surface area (Å²) in [5.41, 5.74) is 11.3. The third-order valence-corrected chi connectivity index (χ3v) is 11.0. The Morgan fingerprint density at radius 2 is 1.04 bits per heavy atom. The fourth-order valence-corrected chi connectivity index (χ4v) is 8.84. The van der Waals surface area contributed by atoms with Crippen molar-refractivity contribution in [3.8, 4) is 28.3 Å². The van der Waals surface area contributed by atoms with Crippen molar-refractivity contribution >= 4 is 81.6 Å². The van der Waals surface area contributed by atoms with E-state index >= 15 is 0 Å². The van der Waals surface area contributed by atoms with Crippen LogP contribution in [0, 0.1) is 0 Å². The van der Waals surface area contributed by atoms with Crippen molar-refractivity contribution in [2.45, 2.75) is 0 Å². The lowest BCUT2D eigenvalue weighted by Crippen LogP contribution is -1.97. The number of aromatic nitrogens is 4. The molecule has 4 aromatic heterocycles. The van der Waals surface area contributed by atoms with Gasteiger partial charge in [-0.05, 0) is 41.8 Å². The summed E-state index contributed by atoms with van der Waals surface area (Å²) in [6.07, 6.45) is 0. The molecule has 240 valence electrons. The summed E-state index contributed by atoms with van der Waals surface area (Å²) in [6.45, 7) is 0. The Labute approximate surface area is 297 Å². The standard InChI is InChI=1S/C48H28N4/c1-2-12-31(13-3-1)48-49-39-19-8-6-16-36(39)45(50-48)30-21-24-32(25-22-30)51-41-27-28-42-43(44(41)38-26-23-29-11-4-5-14-33(29)46(38)51)37-18-10-17-35-34-15-7-9-20-40(34)52(42)47(35)37/h1-28H. The van der Waals surface area contributed by atoms with Gasteiger partial charge in [-0.3, -0.25) is 0 Å². The van der Waals surface area contributed by atoms with E-state index in [0.717, 1.165) is 39.2 Å². The van der Waals surface area contributed by atoms with Gasteiger partial charge in [0.15, 0.2) is 5.82 Å². The second-order valence-electron chi connectivity index (χ2n) is 13.8. The Morgan fingerprint density at radius 3 is 1.92 bits per heavy atom. The van der Waals surface area contributed by atoms with Gasteiger partial charge in [-0.25, -0.2) is 9.97 Å². The summed E-state index contributed by atoms with van der Waals surface area (Å²) in [5, 5.41) is 11.3.